The molecule has 0 atom stereocenters. The normalized spacial score (nSPS) is 19.4. The summed E-state index contributed by atoms with van der Waals surface area (Å²) >= 11 is 0. The van der Waals surface area contributed by atoms with Crippen molar-refractivity contribution in [3.8, 4) is 0 Å². The van der Waals surface area contributed by atoms with Crippen LogP contribution in [-0.4, -0.2) is 36.0 Å². The summed E-state index contributed by atoms with van der Waals surface area (Å²) in [5.74, 6) is 0.145. The van der Waals surface area contributed by atoms with Gasteiger partial charge in [0.05, 0.1) is 0 Å². The van der Waals surface area contributed by atoms with E-state index in [1.54, 1.807) is 0 Å². The van der Waals surface area contributed by atoms with E-state index in [0.717, 1.165) is 31.6 Å². The minimum Gasteiger partial charge on any atom is -0.337 e. The van der Waals surface area contributed by atoms with Crippen molar-refractivity contribution < 1.29 is 4.79 Å². The average Bonchev–Trinajstić information content (AvgIpc) is 2.50. The van der Waals surface area contributed by atoms with Crippen molar-refractivity contribution in [2.24, 2.45) is 0 Å². The first-order chi connectivity index (χ1) is 8.48. The Kier molecular flexibility index (Phi) is 3.71. The molecule has 0 aromatic heterocycles. The quantitative estimate of drug-likeness (QED) is 0.824. The predicted molar refractivity (Wildman–Crippen MR) is 73.8 cm³/mol. The van der Waals surface area contributed by atoms with E-state index in [-0.39, 0.29) is 11.4 Å². The molecule has 1 saturated heterocycles. The lowest BCUT2D eigenvalue weighted by Gasteiger charge is -2.30. The lowest BCUT2D eigenvalue weighted by molar-refractivity contribution is 0.0733. The Morgan fingerprint density at radius 1 is 1.28 bits per heavy atom. The van der Waals surface area contributed by atoms with E-state index in [1.165, 1.54) is 5.56 Å². The van der Waals surface area contributed by atoms with Crippen molar-refractivity contribution in [2.45, 2.75) is 32.7 Å². The number of carbonyl (C=O) groups excluding carboxylic acids is 1. The minimum atomic E-state index is -0.00312. The first-order valence-corrected chi connectivity index (χ1v) is 6.59. The van der Waals surface area contributed by atoms with Crippen molar-refractivity contribution in [3.63, 3.8) is 0 Å². The molecular formula is C15H22N2O. The van der Waals surface area contributed by atoms with E-state index in [4.69, 9.17) is 0 Å². The molecule has 18 heavy (non-hydrogen) atoms. The summed E-state index contributed by atoms with van der Waals surface area (Å²) < 4.78 is 0. The van der Waals surface area contributed by atoms with Crippen LogP contribution in [0.5, 0.6) is 0 Å². The first kappa shape index (κ1) is 13.1. The number of nitrogens with zero attached hydrogens (tertiary/aromatic N) is 1. The summed E-state index contributed by atoms with van der Waals surface area (Å²) in [5.41, 5.74) is 1.97. The smallest absolute Gasteiger partial charge is 0.253 e. The highest BCUT2D eigenvalue weighted by Gasteiger charge is 2.27. The second-order valence-electron chi connectivity index (χ2n) is 5.76. The maximum Gasteiger partial charge on any atom is 0.253 e. The van der Waals surface area contributed by atoms with E-state index >= 15 is 0 Å². The molecule has 0 spiro atoms. The van der Waals surface area contributed by atoms with Crippen molar-refractivity contribution in [1.82, 2.24) is 10.2 Å². The molecule has 1 amide bonds. The van der Waals surface area contributed by atoms with Gasteiger partial charge < -0.3 is 10.2 Å². The number of benzene rings is 1. The molecule has 1 fully saturated rings. The van der Waals surface area contributed by atoms with Crippen molar-refractivity contribution >= 4 is 5.91 Å². The van der Waals surface area contributed by atoms with Gasteiger partial charge in [-0.25, -0.2) is 0 Å². The molecule has 1 aromatic rings. The topological polar surface area (TPSA) is 32.3 Å². The van der Waals surface area contributed by atoms with E-state index < -0.39 is 0 Å². The van der Waals surface area contributed by atoms with Gasteiger partial charge in [0, 0.05) is 24.2 Å². The lowest BCUT2D eigenvalue weighted by Crippen LogP contribution is -2.47. The summed E-state index contributed by atoms with van der Waals surface area (Å²) in [4.78, 5) is 14.4. The van der Waals surface area contributed by atoms with E-state index in [2.05, 4.69) is 19.2 Å². The fraction of sp³-hybridized carbons (Fsp3) is 0.533. The molecule has 0 unspecified atom stereocenters. The van der Waals surface area contributed by atoms with Gasteiger partial charge in [-0.05, 0) is 45.9 Å². The Hall–Kier alpha value is -1.35. The van der Waals surface area contributed by atoms with E-state index in [9.17, 15) is 4.79 Å². The zero-order valence-corrected chi connectivity index (χ0v) is 11.5. The van der Waals surface area contributed by atoms with Gasteiger partial charge >= 0.3 is 0 Å². The Morgan fingerprint density at radius 2 is 1.94 bits per heavy atom. The third kappa shape index (κ3) is 3.10. The zero-order chi connectivity index (χ0) is 13.2. The van der Waals surface area contributed by atoms with Crippen molar-refractivity contribution in [2.75, 3.05) is 19.6 Å². The fourth-order valence-electron chi connectivity index (χ4n) is 2.36. The molecule has 0 saturated carbocycles. The Bertz CT molecular complexity index is 423. The monoisotopic (exact) mass is 246 g/mol. The number of hydrogen-bond acceptors (Lipinski definition) is 2. The van der Waals surface area contributed by atoms with E-state index in [1.807, 2.05) is 36.1 Å². The molecule has 3 heteroatoms. The van der Waals surface area contributed by atoms with Gasteiger partial charge in [-0.3, -0.25) is 4.79 Å². The van der Waals surface area contributed by atoms with Crippen molar-refractivity contribution in [3.05, 3.63) is 35.4 Å². The van der Waals surface area contributed by atoms with E-state index in [0.29, 0.717) is 0 Å². The predicted octanol–water partition coefficient (Wildman–Crippen LogP) is 2.21. The van der Waals surface area contributed by atoms with Gasteiger partial charge in [0.1, 0.15) is 0 Å². The average molecular weight is 246 g/mol. The number of hydrogen-bond donors (Lipinski definition) is 1. The number of rotatable bonds is 1. The summed E-state index contributed by atoms with van der Waals surface area (Å²) in [6, 6.07) is 7.83. The molecule has 0 bridgehead atoms. The van der Waals surface area contributed by atoms with Crippen LogP contribution in [0.2, 0.25) is 0 Å². The van der Waals surface area contributed by atoms with Crippen molar-refractivity contribution in [1.29, 1.82) is 0 Å². The van der Waals surface area contributed by atoms with Crippen LogP contribution in [0.3, 0.4) is 0 Å². The molecule has 1 aliphatic rings. The highest BCUT2D eigenvalue weighted by Crippen LogP contribution is 2.14. The van der Waals surface area contributed by atoms with Crippen LogP contribution >= 0.6 is 0 Å². The highest BCUT2D eigenvalue weighted by molar-refractivity contribution is 5.94. The third-order valence-electron chi connectivity index (χ3n) is 3.38. The molecule has 1 N–H and O–H groups in total. The Balaban J connectivity index is 2.14. The SMILES string of the molecule is Cc1ccc(C(=O)N2CCCNC(C)(C)C2)cc1. The first-order valence-electron chi connectivity index (χ1n) is 6.59. The number of amides is 1. The largest absolute Gasteiger partial charge is 0.337 e. The number of aryl methyl sites for hydroxylation is 1. The summed E-state index contributed by atoms with van der Waals surface area (Å²) in [6.45, 7) is 8.90. The molecule has 0 aliphatic carbocycles. The maximum absolute atomic E-state index is 12.4. The number of carbonyl (C=O) groups is 1. The van der Waals surface area contributed by atoms with Crippen LogP contribution in [0.1, 0.15) is 36.2 Å². The molecule has 1 heterocycles. The lowest BCUT2D eigenvalue weighted by atomic mass is 10.0. The van der Waals surface area contributed by atoms with Gasteiger partial charge in [0.2, 0.25) is 0 Å². The number of nitrogens with one attached hydrogen (secondary N) is 1. The molecule has 3 nitrogen and oxygen atoms in total. The van der Waals surface area contributed by atoms with Crippen LogP contribution in [-0.2, 0) is 0 Å². The van der Waals surface area contributed by atoms with Crippen LogP contribution < -0.4 is 5.32 Å². The highest BCUT2D eigenvalue weighted by atomic mass is 16.2. The summed E-state index contributed by atoms with van der Waals surface area (Å²) in [7, 11) is 0. The maximum atomic E-state index is 12.4. The van der Waals surface area contributed by atoms with Crippen LogP contribution in [0, 0.1) is 6.92 Å². The summed E-state index contributed by atoms with van der Waals surface area (Å²) in [5, 5.41) is 3.47. The standard InChI is InChI=1S/C15H22N2O/c1-12-5-7-13(8-6-12)14(18)17-10-4-9-16-15(2,3)11-17/h5-8,16H,4,9-11H2,1-3H3. The minimum absolute atomic E-state index is 0.00312. The van der Waals surface area contributed by atoms with Gasteiger partial charge in [0.15, 0.2) is 0 Å². The van der Waals surface area contributed by atoms with Gasteiger partial charge in [0.25, 0.3) is 5.91 Å². The zero-order valence-electron chi connectivity index (χ0n) is 11.5. The second kappa shape index (κ2) is 5.11. The van der Waals surface area contributed by atoms with Crippen LogP contribution in [0.4, 0.5) is 0 Å². The van der Waals surface area contributed by atoms with Crippen LogP contribution in [0.15, 0.2) is 24.3 Å². The van der Waals surface area contributed by atoms with Gasteiger partial charge in [-0.1, -0.05) is 17.7 Å². The third-order valence-corrected chi connectivity index (χ3v) is 3.38. The van der Waals surface area contributed by atoms with Gasteiger partial charge in [-0.15, -0.1) is 0 Å². The molecular weight excluding hydrogens is 224 g/mol. The Labute approximate surface area is 109 Å². The fourth-order valence-corrected chi connectivity index (χ4v) is 2.36. The van der Waals surface area contributed by atoms with Gasteiger partial charge in [-0.2, -0.15) is 0 Å². The molecule has 2 rings (SSSR count). The molecule has 98 valence electrons. The molecule has 1 aromatic carbocycles. The van der Waals surface area contributed by atoms with Crippen LogP contribution in [0.25, 0.3) is 0 Å². The molecule has 1 aliphatic heterocycles. The Morgan fingerprint density at radius 3 is 2.61 bits per heavy atom. The molecule has 0 radical (unpaired) electrons. The second-order valence-corrected chi connectivity index (χ2v) is 5.76. The summed E-state index contributed by atoms with van der Waals surface area (Å²) in [6.07, 6.45) is 1.01.